The maximum atomic E-state index is 12.2. The first-order chi connectivity index (χ1) is 7.95. The number of β-amino-alcohol motifs (C(OH)–C–C–N with tert-alkyl or cyclic N) is 1. The molecule has 1 fully saturated rings. The summed E-state index contributed by atoms with van der Waals surface area (Å²) in [5.74, 6) is 0.292. The number of sulfonamides is 1. The minimum atomic E-state index is -3.57. The first-order valence-electron chi connectivity index (χ1n) is 4.97. The summed E-state index contributed by atoms with van der Waals surface area (Å²) in [6, 6.07) is 4.73. The number of aliphatic hydroxyl groups excluding tert-OH is 1. The van der Waals surface area contributed by atoms with Crippen LogP contribution < -0.4 is 4.74 Å². The molecule has 0 aromatic heterocycles. The predicted octanol–water partition coefficient (Wildman–Crippen LogP) is 0.823. The molecule has 1 saturated heterocycles. The number of aliphatic hydroxyl groups is 1. The molecule has 0 aliphatic carbocycles. The van der Waals surface area contributed by atoms with E-state index in [4.69, 9.17) is 9.84 Å². The minimum Gasteiger partial charge on any atom is -0.495 e. The standard InChI is InChI=1S/C10H12BrNO4S/c1-16-9-4-7(11)2-3-10(9)17(14,15)12-5-8(13)6-12/h2-4,8,13H,5-6H2,1H3. The van der Waals surface area contributed by atoms with E-state index in [2.05, 4.69) is 15.9 Å². The van der Waals surface area contributed by atoms with Crippen LogP contribution in [0.3, 0.4) is 0 Å². The number of hydrogen-bond acceptors (Lipinski definition) is 4. The number of hydrogen-bond donors (Lipinski definition) is 1. The van der Waals surface area contributed by atoms with Gasteiger partial charge in [0.05, 0.1) is 13.2 Å². The lowest BCUT2D eigenvalue weighted by Crippen LogP contribution is -2.53. The van der Waals surface area contributed by atoms with Crippen LogP contribution in [0.2, 0.25) is 0 Å². The van der Waals surface area contributed by atoms with E-state index < -0.39 is 16.1 Å². The van der Waals surface area contributed by atoms with Crippen LogP contribution in [0.4, 0.5) is 0 Å². The van der Waals surface area contributed by atoms with Gasteiger partial charge in [0, 0.05) is 17.6 Å². The summed E-state index contributed by atoms with van der Waals surface area (Å²) in [4.78, 5) is 0.120. The zero-order valence-electron chi connectivity index (χ0n) is 9.13. The Balaban J connectivity index is 2.39. The highest BCUT2D eigenvalue weighted by atomic mass is 79.9. The predicted molar refractivity (Wildman–Crippen MR) is 65.5 cm³/mol. The highest BCUT2D eigenvalue weighted by molar-refractivity contribution is 9.10. The van der Waals surface area contributed by atoms with Crippen LogP contribution in [0, 0.1) is 0 Å². The Kier molecular flexibility index (Phi) is 3.44. The van der Waals surface area contributed by atoms with Crippen molar-refractivity contribution in [2.24, 2.45) is 0 Å². The van der Waals surface area contributed by atoms with E-state index in [1.54, 1.807) is 12.1 Å². The average Bonchev–Trinajstić information content (AvgIpc) is 2.24. The highest BCUT2D eigenvalue weighted by Gasteiger charge is 2.37. The van der Waals surface area contributed by atoms with Crippen molar-refractivity contribution in [2.75, 3.05) is 20.2 Å². The number of halogens is 1. The molecule has 1 heterocycles. The Morgan fingerprint density at radius 1 is 1.47 bits per heavy atom. The van der Waals surface area contributed by atoms with Crippen molar-refractivity contribution >= 4 is 26.0 Å². The van der Waals surface area contributed by atoms with Gasteiger partial charge in [-0.2, -0.15) is 4.31 Å². The number of ether oxygens (including phenoxy) is 1. The molecule has 0 unspecified atom stereocenters. The van der Waals surface area contributed by atoms with Gasteiger partial charge in [-0.15, -0.1) is 0 Å². The molecular weight excluding hydrogens is 310 g/mol. The van der Waals surface area contributed by atoms with Crippen molar-refractivity contribution in [3.8, 4) is 5.75 Å². The molecule has 0 amide bonds. The third-order valence-corrected chi connectivity index (χ3v) is 4.94. The fraction of sp³-hybridized carbons (Fsp3) is 0.400. The van der Waals surface area contributed by atoms with Gasteiger partial charge in [-0.05, 0) is 18.2 Å². The smallest absolute Gasteiger partial charge is 0.246 e. The SMILES string of the molecule is COc1cc(Br)ccc1S(=O)(=O)N1CC(O)C1. The third-order valence-electron chi connectivity index (χ3n) is 2.57. The van der Waals surface area contributed by atoms with Gasteiger partial charge >= 0.3 is 0 Å². The van der Waals surface area contributed by atoms with Gasteiger partial charge < -0.3 is 9.84 Å². The van der Waals surface area contributed by atoms with Crippen LogP contribution >= 0.6 is 15.9 Å². The van der Waals surface area contributed by atoms with Crippen LogP contribution in [0.15, 0.2) is 27.6 Å². The normalized spacial score (nSPS) is 17.8. The first kappa shape index (κ1) is 12.8. The number of nitrogens with zero attached hydrogens (tertiary/aromatic N) is 1. The van der Waals surface area contributed by atoms with Gasteiger partial charge in [-0.1, -0.05) is 15.9 Å². The van der Waals surface area contributed by atoms with Crippen LogP contribution in [0.5, 0.6) is 5.75 Å². The molecule has 2 rings (SSSR count). The molecule has 17 heavy (non-hydrogen) atoms. The largest absolute Gasteiger partial charge is 0.495 e. The summed E-state index contributed by atoms with van der Waals surface area (Å²) in [7, 11) is -2.14. The molecule has 1 aliphatic rings. The lowest BCUT2D eigenvalue weighted by atomic mass is 10.2. The fourth-order valence-electron chi connectivity index (χ4n) is 1.61. The van der Waals surface area contributed by atoms with Gasteiger partial charge in [0.25, 0.3) is 0 Å². The van der Waals surface area contributed by atoms with Crippen molar-refractivity contribution in [2.45, 2.75) is 11.0 Å². The molecule has 7 heteroatoms. The third kappa shape index (κ3) is 2.33. The Morgan fingerprint density at radius 2 is 2.12 bits per heavy atom. The van der Waals surface area contributed by atoms with Crippen LogP contribution in [0.25, 0.3) is 0 Å². The van der Waals surface area contributed by atoms with Gasteiger partial charge in [-0.25, -0.2) is 8.42 Å². The van der Waals surface area contributed by atoms with E-state index in [0.29, 0.717) is 5.75 Å². The molecular formula is C10H12BrNO4S. The fourth-order valence-corrected chi connectivity index (χ4v) is 3.60. The van der Waals surface area contributed by atoms with Gasteiger partial charge in [0.2, 0.25) is 10.0 Å². The summed E-state index contributed by atoms with van der Waals surface area (Å²) in [6.07, 6.45) is -0.564. The number of methoxy groups -OCH3 is 1. The Bertz CT molecular complexity index is 525. The highest BCUT2D eigenvalue weighted by Crippen LogP contribution is 2.31. The van der Waals surface area contributed by atoms with Crippen LogP contribution in [-0.4, -0.2) is 44.1 Å². The zero-order chi connectivity index (χ0) is 12.6. The van der Waals surface area contributed by atoms with E-state index >= 15 is 0 Å². The molecule has 5 nitrogen and oxygen atoms in total. The van der Waals surface area contributed by atoms with E-state index in [1.165, 1.54) is 17.5 Å². The Hall–Kier alpha value is -0.630. The lowest BCUT2D eigenvalue weighted by molar-refractivity contribution is 0.0547. The molecule has 0 atom stereocenters. The van der Waals surface area contributed by atoms with Crippen molar-refractivity contribution in [1.29, 1.82) is 0 Å². The van der Waals surface area contributed by atoms with Gasteiger partial charge in [0.1, 0.15) is 10.6 Å². The molecule has 1 aromatic rings. The van der Waals surface area contributed by atoms with Gasteiger partial charge in [0.15, 0.2) is 0 Å². The van der Waals surface area contributed by atoms with E-state index in [1.807, 2.05) is 0 Å². The quantitative estimate of drug-likeness (QED) is 0.895. The van der Waals surface area contributed by atoms with Crippen LogP contribution in [-0.2, 0) is 10.0 Å². The summed E-state index contributed by atoms with van der Waals surface area (Å²) in [5.41, 5.74) is 0. The van der Waals surface area contributed by atoms with Crippen molar-refractivity contribution in [1.82, 2.24) is 4.31 Å². The number of rotatable bonds is 3. The average molecular weight is 322 g/mol. The summed E-state index contributed by atoms with van der Waals surface area (Å²) in [6.45, 7) is 0.281. The van der Waals surface area contributed by atoms with Crippen LogP contribution in [0.1, 0.15) is 0 Å². The molecule has 1 aliphatic heterocycles. The molecule has 94 valence electrons. The molecule has 0 spiro atoms. The lowest BCUT2D eigenvalue weighted by Gasteiger charge is -2.34. The van der Waals surface area contributed by atoms with E-state index in [9.17, 15) is 8.42 Å². The molecule has 1 N–H and O–H groups in total. The Labute approximate surface area is 108 Å². The maximum Gasteiger partial charge on any atom is 0.246 e. The molecule has 1 aromatic carbocycles. The van der Waals surface area contributed by atoms with Crippen molar-refractivity contribution < 1.29 is 18.3 Å². The number of benzene rings is 1. The molecule has 0 saturated carbocycles. The molecule has 0 bridgehead atoms. The second-order valence-corrected chi connectivity index (χ2v) is 6.59. The van der Waals surface area contributed by atoms with Crippen molar-refractivity contribution in [3.05, 3.63) is 22.7 Å². The van der Waals surface area contributed by atoms with Crippen molar-refractivity contribution in [3.63, 3.8) is 0 Å². The summed E-state index contributed by atoms with van der Waals surface area (Å²) < 4.78 is 31.4. The monoisotopic (exact) mass is 321 g/mol. The van der Waals surface area contributed by atoms with Gasteiger partial charge in [-0.3, -0.25) is 0 Å². The van der Waals surface area contributed by atoms with E-state index in [-0.39, 0.29) is 18.0 Å². The molecule has 0 radical (unpaired) electrons. The maximum absolute atomic E-state index is 12.2. The Morgan fingerprint density at radius 3 is 2.65 bits per heavy atom. The van der Waals surface area contributed by atoms with E-state index in [0.717, 1.165) is 4.47 Å². The second-order valence-electron chi connectivity index (χ2n) is 3.77. The summed E-state index contributed by atoms with van der Waals surface area (Å²) >= 11 is 3.25. The zero-order valence-corrected chi connectivity index (χ0v) is 11.5. The minimum absolute atomic E-state index is 0.120. The first-order valence-corrected chi connectivity index (χ1v) is 7.20. The second kappa shape index (κ2) is 4.56. The summed E-state index contributed by atoms with van der Waals surface area (Å²) in [5, 5.41) is 9.15. The topological polar surface area (TPSA) is 66.8 Å².